The molecule has 2 aromatic carbocycles. The highest BCUT2D eigenvalue weighted by Crippen LogP contribution is 2.45. The zero-order valence-corrected chi connectivity index (χ0v) is 21.4. The first-order chi connectivity index (χ1) is 16.0. The molecule has 4 nitrogen and oxygen atoms in total. The lowest BCUT2D eigenvalue weighted by atomic mass is 9.62. The predicted molar refractivity (Wildman–Crippen MR) is 142 cm³/mol. The molecule has 1 aliphatic rings. The molecule has 2 amide bonds. The third kappa shape index (κ3) is 8.34. The van der Waals surface area contributed by atoms with Crippen molar-refractivity contribution in [2.75, 3.05) is 6.54 Å². The molecule has 1 aliphatic carbocycles. The lowest BCUT2D eigenvalue weighted by Crippen LogP contribution is -2.50. The Kier molecular flexibility index (Phi) is 8.62. The fourth-order valence-corrected chi connectivity index (χ4v) is 5.44. The molecule has 34 heavy (non-hydrogen) atoms. The average Bonchev–Trinajstić information content (AvgIpc) is 2.74. The number of benzene rings is 2. The molecule has 2 aromatic rings. The number of amides is 2. The van der Waals surface area contributed by atoms with Gasteiger partial charge in [-0.05, 0) is 77.6 Å². The van der Waals surface area contributed by atoms with E-state index < -0.39 is 0 Å². The van der Waals surface area contributed by atoms with Crippen LogP contribution in [0.4, 0.5) is 0 Å². The Hall–Kier alpha value is -2.56. The van der Waals surface area contributed by atoms with Crippen molar-refractivity contribution >= 4 is 47.2 Å². The maximum atomic E-state index is 12.6. The maximum Gasteiger partial charge on any atom is 0.244 e. The summed E-state index contributed by atoms with van der Waals surface area (Å²) in [5, 5.41) is 7.47. The van der Waals surface area contributed by atoms with Gasteiger partial charge in [-0.15, -0.1) is 0 Å². The molecule has 180 valence electrons. The Morgan fingerprint density at radius 2 is 1.47 bits per heavy atom. The summed E-state index contributed by atoms with van der Waals surface area (Å²) in [7, 11) is 0. The largest absolute Gasteiger partial charge is 0.352 e. The summed E-state index contributed by atoms with van der Waals surface area (Å²) >= 11 is 12.0. The number of halogens is 2. The van der Waals surface area contributed by atoms with Gasteiger partial charge in [0, 0.05) is 34.8 Å². The van der Waals surface area contributed by atoms with E-state index in [0.717, 1.165) is 30.4 Å². The molecule has 0 spiro atoms. The second-order valence-corrected chi connectivity index (χ2v) is 11.1. The van der Waals surface area contributed by atoms with E-state index in [1.54, 1.807) is 30.4 Å². The lowest BCUT2D eigenvalue weighted by molar-refractivity contribution is -0.119. The molecule has 0 radical (unpaired) electrons. The number of carbonyl (C=O) groups is 2. The van der Waals surface area contributed by atoms with E-state index in [0.29, 0.717) is 16.6 Å². The first-order valence-electron chi connectivity index (χ1n) is 11.5. The van der Waals surface area contributed by atoms with Crippen molar-refractivity contribution in [2.24, 2.45) is 10.8 Å². The topological polar surface area (TPSA) is 58.2 Å². The van der Waals surface area contributed by atoms with Crippen molar-refractivity contribution in [2.45, 2.75) is 46.1 Å². The van der Waals surface area contributed by atoms with E-state index in [4.69, 9.17) is 23.2 Å². The summed E-state index contributed by atoms with van der Waals surface area (Å²) in [4.78, 5) is 25.0. The van der Waals surface area contributed by atoms with Crippen LogP contribution in [0.1, 0.15) is 51.2 Å². The molecular weight excluding hydrogens is 467 g/mol. The van der Waals surface area contributed by atoms with Gasteiger partial charge in [-0.2, -0.15) is 0 Å². The van der Waals surface area contributed by atoms with E-state index in [9.17, 15) is 9.59 Å². The quantitative estimate of drug-likeness (QED) is 0.425. The van der Waals surface area contributed by atoms with Gasteiger partial charge in [0.05, 0.1) is 0 Å². The van der Waals surface area contributed by atoms with Crippen LogP contribution in [-0.2, 0) is 9.59 Å². The fourth-order valence-electron chi connectivity index (χ4n) is 5.04. The normalized spacial score (nSPS) is 22.1. The third-order valence-corrected chi connectivity index (χ3v) is 6.50. The monoisotopic (exact) mass is 498 g/mol. The van der Waals surface area contributed by atoms with Gasteiger partial charge in [-0.1, -0.05) is 68.2 Å². The van der Waals surface area contributed by atoms with E-state index in [1.807, 2.05) is 36.4 Å². The van der Waals surface area contributed by atoms with E-state index in [-0.39, 0.29) is 28.7 Å². The Bertz CT molecular complexity index is 1090. The third-order valence-electron chi connectivity index (χ3n) is 6.03. The average molecular weight is 499 g/mol. The SMILES string of the molecule is CC1(C)CC(NC(=O)C=Cc2cccc(Cl)c2)CC(C)(CNC(=O)C=Cc2cccc(Cl)c2)C1. The van der Waals surface area contributed by atoms with Gasteiger partial charge in [-0.25, -0.2) is 0 Å². The molecule has 3 rings (SSSR count). The second kappa shape index (κ2) is 11.2. The summed E-state index contributed by atoms with van der Waals surface area (Å²) < 4.78 is 0. The van der Waals surface area contributed by atoms with Crippen LogP contribution in [-0.4, -0.2) is 24.4 Å². The van der Waals surface area contributed by atoms with Crippen LogP contribution >= 0.6 is 23.2 Å². The highest BCUT2D eigenvalue weighted by atomic mass is 35.5. The first kappa shape index (κ1) is 26.1. The summed E-state index contributed by atoms with van der Waals surface area (Å²) in [5.74, 6) is -0.270. The van der Waals surface area contributed by atoms with Gasteiger partial charge in [0.15, 0.2) is 0 Å². The van der Waals surface area contributed by atoms with Crippen LogP contribution < -0.4 is 10.6 Å². The Labute approximate surface area is 212 Å². The summed E-state index contributed by atoms with van der Waals surface area (Å²) in [5.41, 5.74) is 1.67. The smallest absolute Gasteiger partial charge is 0.244 e. The minimum Gasteiger partial charge on any atom is -0.352 e. The Morgan fingerprint density at radius 3 is 2.03 bits per heavy atom. The van der Waals surface area contributed by atoms with Crippen molar-refractivity contribution in [1.29, 1.82) is 0 Å². The summed E-state index contributed by atoms with van der Waals surface area (Å²) in [6.45, 7) is 7.15. The molecule has 0 saturated heterocycles. The molecule has 2 N–H and O–H groups in total. The number of rotatable bonds is 7. The Balaban J connectivity index is 1.57. The maximum absolute atomic E-state index is 12.6. The molecule has 1 saturated carbocycles. The molecule has 6 heteroatoms. The summed E-state index contributed by atoms with van der Waals surface area (Å²) in [6, 6.07) is 14.8. The predicted octanol–water partition coefficient (Wildman–Crippen LogP) is 6.54. The van der Waals surface area contributed by atoms with E-state index >= 15 is 0 Å². The van der Waals surface area contributed by atoms with Crippen LogP contribution in [0.3, 0.4) is 0 Å². The van der Waals surface area contributed by atoms with Crippen molar-refractivity contribution in [3.8, 4) is 0 Å². The molecule has 0 bridgehead atoms. The van der Waals surface area contributed by atoms with E-state index in [1.165, 1.54) is 6.08 Å². The number of hydrogen-bond acceptors (Lipinski definition) is 2. The Morgan fingerprint density at radius 1 is 0.912 bits per heavy atom. The van der Waals surface area contributed by atoms with Gasteiger partial charge in [0.2, 0.25) is 11.8 Å². The fraction of sp³-hybridized carbons (Fsp3) is 0.357. The van der Waals surface area contributed by atoms with Gasteiger partial charge in [0.1, 0.15) is 0 Å². The van der Waals surface area contributed by atoms with Gasteiger partial charge >= 0.3 is 0 Å². The standard InChI is InChI=1S/C28H32Cl2N2O2/c1-27(2)16-24(32-26(34)13-11-21-7-5-9-23(30)15-21)17-28(3,18-27)19-31-25(33)12-10-20-6-4-8-22(29)14-20/h4-15,24H,16-19H2,1-3H3,(H,31,33)(H,32,34). The molecule has 0 aliphatic heterocycles. The van der Waals surface area contributed by atoms with Crippen LogP contribution in [0.2, 0.25) is 10.0 Å². The van der Waals surface area contributed by atoms with E-state index in [2.05, 4.69) is 31.4 Å². The number of hydrogen-bond donors (Lipinski definition) is 2. The number of carbonyl (C=O) groups excluding carboxylic acids is 2. The molecule has 0 heterocycles. The minimum absolute atomic E-state index is 0.0316. The molecule has 2 atom stereocenters. The second-order valence-electron chi connectivity index (χ2n) is 10.3. The first-order valence-corrected chi connectivity index (χ1v) is 12.2. The van der Waals surface area contributed by atoms with Crippen molar-refractivity contribution in [3.05, 3.63) is 81.9 Å². The highest BCUT2D eigenvalue weighted by molar-refractivity contribution is 6.31. The number of nitrogens with one attached hydrogen (secondary N) is 2. The zero-order chi connectivity index (χ0) is 24.8. The van der Waals surface area contributed by atoms with Crippen LogP contribution in [0.25, 0.3) is 12.2 Å². The van der Waals surface area contributed by atoms with Crippen molar-refractivity contribution in [3.63, 3.8) is 0 Å². The molecule has 0 aromatic heterocycles. The van der Waals surface area contributed by atoms with Crippen LogP contribution in [0.15, 0.2) is 60.7 Å². The van der Waals surface area contributed by atoms with Gasteiger partial charge < -0.3 is 10.6 Å². The minimum atomic E-state index is -0.144. The summed E-state index contributed by atoms with van der Waals surface area (Å²) in [6.07, 6.45) is 9.25. The van der Waals surface area contributed by atoms with Crippen LogP contribution in [0, 0.1) is 10.8 Å². The van der Waals surface area contributed by atoms with Crippen LogP contribution in [0.5, 0.6) is 0 Å². The molecule has 1 fully saturated rings. The highest BCUT2D eigenvalue weighted by Gasteiger charge is 2.41. The van der Waals surface area contributed by atoms with Gasteiger partial charge in [-0.3, -0.25) is 9.59 Å². The zero-order valence-electron chi connectivity index (χ0n) is 19.9. The molecule has 2 unspecified atom stereocenters. The lowest BCUT2D eigenvalue weighted by Gasteiger charge is -2.46. The van der Waals surface area contributed by atoms with Crippen molar-refractivity contribution < 1.29 is 9.59 Å². The van der Waals surface area contributed by atoms with Crippen molar-refractivity contribution in [1.82, 2.24) is 10.6 Å². The molecular formula is C28H32Cl2N2O2. The van der Waals surface area contributed by atoms with Gasteiger partial charge in [0.25, 0.3) is 0 Å².